The van der Waals surface area contributed by atoms with Gasteiger partial charge in [0.25, 0.3) is 0 Å². The zero-order valence-electron chi connectivity index (χ0n) is 13.6. The molecule has 10 atom stereocenters. The molecule has 2 fully saturated rings. The first-order valence-corrected chi connectivity index (χ1v) is 8.04. The summed E-state index contributed by atoms with van der Waals surface area (Å²) in [5, 5.41) is 49.1. The number of aliphatic hydroxyl groups is 5. The van der Waals surface area contributed by atoms with Crippen LogP contribution in [0.25, 0.3) is 0 Å². The fourth-order valence-corrected chi connectivity index (χ4v) is 3.12. The van der Waals surface area contributed by atoms with Crippen LogP contribution >= 0.6 is 0 Å². The number of hydrogen-bond donors (Lipinski definition) is 5. The third-order valence-electron chi connectivity index (χ3n) is 5.03. The van der Waals surface area contributed by atoms with Crippen LogP contribution in [0.15, 0.2) is 0 Å². The molecule has 2 aliphatic heterocycles. The number of rotatable bonds is 4. The van der Waals surface area contributed by atoms with Gasteiger partial charge in [-0.2, -0.15) is 0 Å². The topological polar surface area (TPSA) is 129 Å². The maximum absolute atomic E-state index is 10.4. The molecule has 0 aromatic carbocycles. The van der Waals surface area contributed by atoms with E-state index in [0.717, 1.165) is 0 Å². The monoisotopic (exact) mass is 336 g/mol. The zero-order valence-corrected chi connectivity index (χ0v) is 13.6. The Balaban J connectivity index is 2.11. The second-order valence-electron chi connectivity index (χ2n) is 6.58. The molecule has 136 valence electrons. The maximum Gasteiger partial charge on any atom is 0.163 e. The smallest absolute Gasteiger partial charge is 0.163 e. The molecule has 8 heteroatoms. The second kappa shape index (κ2) is 7.71. The number of hydrogen-bond acceptors (Lipinski definition) is 8. The highest BCUT2D eigenvalue weighted by Gasteiger charge is 2.47. The summed E-state index contributed by atoms with van der Waals surface area (Å²) in [6, 6.07) is 0. The van der Waals surface area contributed by atoms with Gasteiger partial charge in [-0.05, 0) is 6.92 Å². The third-order valence-corrected chi connectivity index (χ3v) is 5.03. The zero-order chi connectivity index (χ0) is 17.3. The molecule has 0 bridgehead atoms. The lowest BCUT2D eigenvalue weighted by molar-refractivity contribution is -0.325. The first-order valence-electron chi connectivity index (χ1n) is 8.04. The van der Waals surface area contributed by atoms with Gasteiger partial charge in [-0.3, -0.25) is 0 Å². The number of ether oxygens (including phenoxy) is 3. The molecule has 5 N–H and O–H groups in total. The Kier molecular flexibility index (Phi) is 6.37. The van der Waals surface area contributed by atoms with Crippen LogP contribution in [0.1, 0.15) is 20.8 Å². The van der Waals surface area contributed by atoms with E-state index < -0.39 is 55.4 Å². The van der Waals surface area contributed by atoms with Crippen LogP contribution in [0, 0.1) is 11.8 Å². The van der Waals surface area contributed by atoms with Crippen molar-refractivity contribution in [1.29, 1.82) is 0 Å². The summed E-state index contributed by atoms with van der Waals surface area (Å²) in [5.41, 5.74) is 0. The quantitative estimate of drug-likeness (QED) is 0.408. The Morgan fingerprint density at radius 2 is 1.39 bits per heavy atom. The van der Waals surface area contributed by atoms with E-state index in [9.17, 15) is 25.5 Å². The van der Waals surface area contributed by atoms with Gasteiger partial charge in [0.1, 0.15) is 24.4 Å². The molecule has 2 rings (SSSR count). The molecule has 2 heterocycles. The van der Waals surface area contributed by atoms with Crippen LogP contribution in [0.3, 0.4) is 0 Å². The van der Waals surface area contributed by atoms with Gasteiger partial charge < -0.3 is 39.7 Å². The molecule has 4 unspecified atom stereocenters. The van der Waals surface area contributed by atoms with Crippen molar-refractivity contribution < 1.29 is 39.7 Å². The van der Waals surface area contributed by atoms with Gasteiger partial charge in [-0.1, -0.05) is 13.8 Å². The Bertz CT molecular complexity index is 376. The normalized spacial score (nSPS) is 51.7. The minimum atomic E-state index is -1.21. The van der Waals surface area contributed by atoms with Crippen LogP contribution in [0.5, 0.6) is 0 Å². The third kappa shape index (κ3) is 3.69. The molecule has 2 saturated heterocycles. The molecule has 0 aliphatic carbocycles. The SMILES string of the molecule is C[C@@H]1OC(CO)[C@@H](O[C@@H]2OC(CO)[C@@H](O)C(O)[C@@H]2C)C(O)[C@@H]1C. The van der Waals surface area contributed by atoms with Crippen molar-refractivity contribution in [3.05, 3.63) is 0 Å². The van der Waals surface area contributed by atoms with Crippen molar-refractivity contribution in [3.8, 4) is 0 Å². The molecule has 0 radical (unpaired) electrons. The van der Waals surface area contributed by atoms with Crippen LogP contribution in [0.4, 0.5) is 0 Å². The Morgan fingerprint density at radius 3 is 1.96 bits per heavy atom. The Hall–Kier alpha value is -0.320. The fraction of sp³-hybridized carbons (Fsp3) is 1.00. The van der Waals surface area contributed by atoms with E-state index in [1.54, 1.807) is 6.92 Å². The Morgan fingerprint density at radius 1 is 0.783 bits per heavy atom. The molecule has 0 amide bonds. The predicted molar refractivity (Wildman–Crippen MR) is 78.4 cm³/mol. The van der Waals surface area contributed by atoms with Crippen LogP contribution in [0.2, 0.25) is 0 Å². The van der Waals surface area contributed by atoms with Gasteiger partial charge in [-0.15, -0.1) is 0 Å². The minimum Gasteiger partial charge on any atom is -0.394 e. The van der Waals surface area contributed by atoms with E-state index in [1.807, 2.05) is 13.8 Å². The first-order chi connectivity index (χ1) is 10.8. The van der Waals surface area contributed by atoms with E-state index in [1.165, 1.54) is 0 Å². The van der Waals surface area contributed by atoms with Gasteiger partial charge in [-0.25, -0.2) is 0 Å². The Labute approximate surface area is 135 Å². The summed E-state index contributed by atoms with van der Waals surface area (Å²) < 4.78 is 17.0. The molecular formula is C15H28O8. The average molecular weight is 336 g/mol. The minimum absolute atomic E-state index is 0.203. The second-order valence-corrected chi connectivity index (χ2v) is 6.58. The van der Waals surface area contributed by atoms with E-state index in [-0.39, 0.29) is 18.6 Å². The average Bonchev–Trinajstić information content (AvgIpc) is 2.55. The summed E-state index contributed by atoms with van der Waals surface area (Å²) in [6.45, 7) is 4.48. The maximum atomic E-state index is 10.4. The van der Waals surface area contributed by atoms with Gasteiger partial charge in [0.2, 0.25) is 0 Å². The highest BCUT2D eigenvalue weighted by molar-refractivity contribution is 4.92. The molecule has 23 heavy (non-hydrogen) atoms. The highest BCUT2D eigenvalue weighted by atomic mass is 16.7. The molecular weight excluding hydrogens is 308 g/mol. The van der Waals surface area contributed by atoms with Crippen molar-refractivity contribution in [2.24, 2.45) is 11.8 Å². The predicted octanol–water partition coefficient (Wildman–Crippen LogP) is -1.78. The summed E-state index contributed by atoms with van der Waals surface area (Å²) in [6.07, 6.45) is -6.91. The van der Waals surface area contributed by atoms with Gasteiger partial charge in [0.15, 0.2) is 6.29 Å². The van der Waals surface area contributed by atoms with Crippen molar-refractivity contribution in [2.45, 2.75) is 69.8 Å². The summed E-state index contributed by atoms with van der Waals surface area (Å²) in [4.78, 5) is 0. The summed E-state index contributed by atoms with van der Waals surface area (Å²) in [5.74, 6) is -0.778. The molecule has 0 spiro atoms. The van der Waals surface area contributed by atoms with Gasteiger partial charge >= 0.3 is 0 Å². The van der Waals surface area contributed by atoms with Gasteiger partial charge in [0.05, 0.1) is 31.5 Å². The van der Waals surface area contributed by atoms with Crippen molar-refractivity contribution in [3.63, 3.8) is 0 Å². The van der Waals surface area contributed by atoms with Crippen LogP contribution in [-0.2, 0) is 14.2 Å². The molecule has 0 saturated carbocycles. The van der Waals surface area contributed by atoms with E-state index in [2.05, 4.69) is 0 Å². The molecule has 0 aromatic rings. The van der Waals surface area contributed by atoms with Crippen LogP contribution in [-0.4, -0.2) is 87.8 Å². The lowest BCUT2D eigenvalue weighted by Crippen LogP contribution is -2.60. The van der Waals surface area contributed by atoms with Crippen LogP contribution < -0.4 is 0 Å². The largest absolute Gasteiger partial charge is 0.394 e. The summed E-state index contributed by atoms with van der Waals surface area (Å²) in [7, 11) is 0. The lowest BCUT2D eigenvalue weighted by atomic mass is 9.88. The highest BCUT2D eigenvalue weighted by Crippen LogP contribution is 2.33. The van der Waals surface area contributed by atoms with E-state index >= 15 is 0 Å². The molecule has 0 aromatic heterocycles. The van der Waals surface area contributed by atoms with E-state index in [4.69, 9.17) is 14.2 Å². The fourth-order valence-electron chi connectivity index (χ4n) is 3.12. The standard InChI is InChI=1S/C15H28O8/c1-6-8(3)21-10(5-17)14(12(6)19)23-15-7(2)11(18)13(20)9(4-16)22-15/h6-20H,4-5H2,1-3H3/t6-,7+,8+,9?,10?,11?,12?,13-,14-,15+/m1/s1. The van der Waals surface area contributed by atoms with Crippen molar-refractivity contribution in [1.82, 2.24) is 0 Å². The van der Waals surface area contributed by atoms with Gasteiger partial charge in [0, 0.05) is 11.8 Å². The molecule has 8 nitrogen and oxygen atoms in total. The first kappa shape index (κ1) is 19.0. The number of aliphatic hydroxyl groups excluding tert-OH is 5. The molecule has 2 aliphatic rings. The lowest BCUT2D eigenvalue weighted by Gasteiger charge is -2.46. The van der Waals surface area contributed by atoms with Crippen molar-refractivity contribution >= 4 is 0 Å². The summed E-state index contributed by atoms with van der Waals surface area (Å²) >= 11 is 0. The van der Waals surface area contributed by atoms with Crippen molar-refractivity contribution in [2.75, 3.05) is 13.2 Å². The van der Waals surface area contributed by atoms with E-state index in [0.29, 0.717) is 0 Å².